The molecule has 6 heteroatoms. The fourth-order valence-electron chi connectivity index (χ4n) is 1.54. The third kappa shape index (κ3) is 1.64. The number of pyridine rings is 1. The molecule has 2 heterocycles. The SMILES string of the molecule is COCc1nc(C(=O)O)c2c(Cl)cccn12. The van der Waals surface area contributed by atoms with E-state index in [1.807, 2.05) is 0 Å². The number of hydrogen-bond donors (Lipinski definition) is 1. The number of imidazole rings is 1. The number of ether oxygens (including phenoxy) is 1. The molecule has 1 N–H and O–H groups in total. The zero-order chi connectivity index (χ0) is 11.7. The van der Waals surface area contributed by atoms with Crippen LogP contribution in [0, 0.1) is 0 Å². The van der Waals surface area contributed by atoms with Gasteiger partial charge in [0.1, 0.15) is 12.4 Å². The molecule has 0 spiro atoms. The van der Waals surface area contributed by atoms with E-state index in [-0.39, 0.29) is 12.3 Å². The molecule has 0 aromatic carbocycles. The smallest absolute Gasteiger partial charge is 0.356 e. The van der Waals surface area contributed by atoms with Crippen molar-refractivity contribution >= 4 is 23.1 Å². The molecule has 0 fully saturated rings. The zero-order valence-corrected chi connectivity index (χ0v) is 9.23. The van der Waals surface area contributed by atoms with Crippen LogP contribution in [0.4, 0.5) is 0 Å². The largest absolute Gasteiger partial charge is 0.476 e. The summed E-state index contributed by atoms with van der Waals surface area (Å²) in [6.45, 7) is 0.231. The summed E-state index contributed by atoms with van der Waals surface area (Å²) in [5.74, 6) is -0.592. The van der Waals surface area contributed by atoms with Crippen molar-refractivity contribution in [1.82, 2.24) is 9.38 Å². The Kier molecular flexibility index (Phi) is 2.80. The van der Waals surface area contributed by atoms with Gasteiger partial charge in [-0.25, -0.2) is 9.78 Å². The molecule has 0 aliphatic carbocycles. The van der Waals surface area contributed by atoms with Gasteiger partial charge in [0.05, 0.1) is 10.5 Å². The third-order valence-corrected chi connectivity index (χ3v) is 2.47. The van der Waals surface area contributed by atoms with Gasteiger partial charge in [-0.2, -0.15) is 0 Å². The summed E-state index contributed by atoms with van der Waals surface area (Å²) in [5, 5.41) is 9.37. The lowest BCUT2D eigenvalue weighted by molar-refractivity contribution is 0.0692. The number of aromatic carboxylic acids is 1. The highest BCUT2D eigenvalue weighted by Gasteiger charge is 2.18. The Balaban J connectivity index is 2.76. The summed E-state index contributed by atoms with van der Waals surface area (Å²) < 4.78 is 6.57. The number of carbonyl (C=O) groups is 1. The third-order valence-electron chi connectivity index (χ3n) is 2.16. The van der Waals surface area contributed by atoms with Gasteiger partial charge < -0.3 is 9.84 Å². The Bertz CT molecular complexity index is 550. The van der Waals surface area contributed by atoms with Crippen molar-refractivity contribution in [3.05, 3.63) is 34.9 Å². The summed E-state index contributed by atoms with van der Waals surface area (Å²) in [4.78, 5) is 15.0. The van der Waals surface area contributed by atoms with Crippen molar-refractivity contribution in [3.8, 4) is 0 Å². The second kappa shape index (κ2) is 4.11. The topological polar surface area (TPSA) is 63.8 Å². The Hall–Kier alpha value is -1.59. The van der Waals surface area contributed by atoms with E-state index >= 15 is 0 Å². The lowest BCUT2D eigenvalue weighted by Gasteiger charge is -2.00. The molecule has 2 aromatic heterocycles. The first kappa shape index (κ1) is 10.9. The van der Waals surface area contributed by atoms with Crippen molar-refractivity contribution in [2.24, 2.45) is 0 Å². The maximum absolute atomic E-state index is 11.0. The van der Waals surface area contributed by atoms with E-state index in [4.69, 9.17) is 21.4 Å². The van der Waals surface area contributed by atoms with Crippen LogP contribution in [0.5, 0.6) is 0 Å². The molecule has 0 aliphatic heterocycles. The molecule has 0 saturated carbocycles. The Morgan fingerprint density at radius 2 is 2.44 bits per heavy atom. The van der Waals surface area contributed by atoms with Crippen LogP contribution in [0.25, 0.3) is 5.52 Å². The summed E-state index contributed by atoms with van der Waals surface area (Å²) in [6, 6.07) is 3.35. The highest BCUT2D eigenvalue weighted by atomic mass is 35.5. The van der Waals surface area contributed by atoms with E-state index in [1.165, 1.54) is 7.11 Å². The van der Waals surface area contributed by atoms with Crippen molar-refractivity contribution < 1.29 is 14.6 Å². The van der Waals surface area contributed by atoms with Crippen molar-refractivity contribution in [2.75, 3.05) is 7.11 Å². The molecule has 0 aliphatic rings. The van der Waals surface area contributed by atoms with E-state index < -0.39 is 5.97 Å². The molecule has 0 bridgehead atoms. The summed E-state index contributed by atoms with van der Waals surface area (Å²) in [6.07, 6.45) is 1.70. The van der Waals surface area contributed by atoms with Crippen LogP contribution in [0.15, 0.2) is 18.3 Å². The molecular weight excluding hydrogens is 232 g/mol. The maximum atomic E-state index is 11.0. The van der Waals surface area contributed by atoms with E-state index in [2.05, 4.69) is 4.98 Å². The number of rotatable bonds is 3. The van der Waals surface area contributed by atoms with E-state index in [1.54, 1.807) is 22.7 Å². The fraction of sp³-hybridized carbons (Fsp3) is 0.200. The predicted molar refractivity (Wildman–Crippen MR) is 57.9 cm³/mol. The predicted octanol–water partition coefficient (Wildman–Crippen LogP) is 1.83. The number of methoxy groups -OCH3 is 1. The number of aromatic nitrogens is 2. The maximum Gasteiger partial charge on any atom is 0.356 e. The summed E-state index contributed by atoms with van der Waals surface area (Å²) in [5.41, 5.74) is 0.335. The number of halogens is 1. The van der Waals surface area contributed by atoms with Crippen LogP contribution >= 0.6 is 11.6 Å². The van der Waals surface area contributed by atoms with E-state index in [0.29, 0.717) is 16.4 Å². The second-order valence-electron chi connectivity index (χ2n) is 3.19. The number of fused-ring (bicyclic) bond motifs is 1. The number of carboxylic acid groups (broad SMARTS) is 1. The highest BCUT2D eigenvalue weighted by Crippen LogP contribution is 2.22. The van der Waals surface area contributed by atoms with Crippen LogP contribution in [-0.2, 0) is 11.3 Å². The summed E-state index contributed by atoms with van der Waals surface area (Å²) in [7, 11) is 1.52. The Labute approximate surface area is 96.2 Å². The molecule has 0 unspecified atom stereocenters. The van der Waals surface area contributed by atoms with Gasteiger partial charge in [0.15, 0.2) is 5.69 Å². The van der Waals surface area contributed by atoms with Crippen molar-refractivity contribution in [3.63, 3.8) is 0 Å². The first-order chi connectivity index (χ1) is 7.65. The standard InChI is InChI=1S/C10H9ClN2O3/c1-16-5-7-12-8(10(14)15)9-6(11)3-2-4-13(7)9/h2-4H,5H2,1H3,(H,14,15). The average Bonchev–Trinajstić information content (AvgIpc) is 2.60. The average molecular weight is 241 g/mol. The molecule has 0 atom stereocenters. The molecule has 0 radical (unpaired) electrons. The quantitative estimate of drug-likeness (QED) is 0.889. The van der Waals surface area contributed by atoms with Crippen LogP contribution in [0.1, 0.15) is 16.3 Å². The minimum Gasteiger partial charge on any atom is -0.476 e. The minimum absolute atomic E-state index is 0.0577. The lowest BCUT2D eigenvalue weighted by Crippen LogP contribution is -1.98. The zero-order valence-electron chi connectivity index (χ0n) is 8.48. The van der Waals surface area contributed by atoms with Gasteiger partial charge in [-0.05, 0) is 12.1 Å². The second-order valence-corrected chi connectivity index (χ2v) is 3.60. The molecule has 16 heavy (non-hydrogen) atoms. The first-order valence-corrected chi connectivity index (χ1v) is 4.90. The van der Waals surface area contributed by atoms with Gasteiger partial charge >= 0.3 is 5.97 Å². The molecular formula is C10H9ClN2O3. The summed E-state index contributed by atoms with van der Waals surface area (Å²) >= 11 is 5.95. The van der Waals surface area contributed by atoms with Crippen molar-refractivity contribution in [1.29, 1.82) is 0 Å². The molecule has 5 nitrogen and oxygen atoms in total. The normalized spacial score (nSPS) is 10.9. The lowest BCUT2D eigenvalue weighted by atomic mass is 10.3. The van der Waals surface area contributed by atoms with Gasteiger partial charge in [0, 0.05) is 13.3 Å². The van der Waals surface area contributed by atoms with Gasteiger partial charge in [-0.3, -0.25) is 4.40 Å². The van der Waals surface area contributed by atoms with Gasteiger partial charge in [-0.15, -0.1) is 0 Å². The van der Waals surface area contributed by atoms with Crippen molar-refractivity contribution in [2.45, 2.75) is 6.61 Å². The highest BCUT2D eigenvalue weighted by molar-refractivity contribution is 6.34. The van der Waals surface area contributed by atoms with Crippen LogP contribution < -0.4 is 0 Å². The number of nitrogens with zero attached hydrogens (tertiary/aromatic N) is 2. The first-order valence-electron chi connectivity index (χ1n) is 4.53. The molecule has 84 valence electrons. The number of hydrogen-bond acceptors (Lipinski definition) is 3. The molecule has 0 saturated heterocycles. The Morgan fingerprint density at radius 3 is 3.06 bits per heavy atom. The minimum atomic E-state index is -1.10. The van der Waals surface area contributed by atoms with Gasteiger partial charge in [0.2, 0.25) is 0 Å². The van der Waals surface area contributed by atoms with Gasteiger partial charge in [-0.1, -0.05) is 11.6 Å². The van der Waals surface area contributed by atoms with E-state index in [0.717, 1.165) is 0 Å². The molecule has 2 aromatic rings. The number of carboxylic acids is 1. The Morgan fingerprint density at radius 1 is 1.69 bits per heavy atom. The fourth-order valence-corrected chi connectivity index (χ4v) is 1.79. The van der Waals surface area contributed by atoms with Crippen LogP contribution in [0.3, 0.4) is 0 Å². The van der Waals surface area contributed by atoms with E-state index in [9.17, 15) is 4.79 Å². The van der Waals surface area contributed by atoms with Crippen LogP contribution in [0.2, 0.25) is 5.02 Å². The molecule has 2 rings (SSSR count). The van der Waals surface area contributed by atoms with Gasteiger partial charge in [0.25, 0.3) is 0 Å². The monoisotopic (exact) mass is 240 g/mol. The molecule has 0 amide bonds. The van der Waals surface area contributed by atoms with Crippen LogP contribution in [-0.4, -0.2) is 27.6 Å².